The molecule has 2 aromatic heterocycles. The van der Waals surface area contributed by atoms with Crippen LogP contribution in [0.2, 0.25) is 0 Å². The third-order valence-electron chi connectivity index (χ3n) is 6.30. The van der Waals surface area contributed by atoms with Gasteiger partial charge in [-0.1, -0.05) is 19.1 Å². The smallest absolute Gasteiger partial charge is 0.253 e. The zero-order chi connectivity index (χ0) is 22.9. The van der Waals surface area contributed by atoms with E-state index >= 15 is 0 Å². The molecule has 0 N–H and O–H groups in total. The summed E-state index contributed by atoms with van der Waals surface area (Å²) < 4.78 is 15.6. The van der Waals surface area contributed by atoms with Crippen LogP contribution in [-0.4, -0.2) is 51.3 Å². The molecule has 0 aliphatic carbocycles. The van der Waals surface area contributed by atoms with Crippen LogP contribution in [0.5, 0.6) is 0 Å². The highest BCUT2D eigenvalue weighted by molar-refractivity contribution is 7.17. The summed E-state index contributed by atoms with van der Waals surface area (Å²) in [4.78, 5) is 24.3. The number of aryl methyl sites for hydroxylation is 2. The van der Waals surface area contributed by atoms with E-state index in [-0.39, 0.29) is 11.7 Å². The van der Waals surface area contributed by atoms with Crippen molar-refractivity contribution in [1.82, 2.24) is 19.2 Å². The summed E-state index contributed by atoms with van der Waals surface area (Å²) in [6, 6.07) is 14.5. The average Bonchev–Trinajstić information content (AvgIpc) is 3.36. The molecule has 0 radical (unpaired) electrons. The van der Waals surface area contributed by atoms with E-state index in [1.54, 1.807) is 23.5 Å². The highest BCUT2D eigenvalue weighted by atomic mass is 32.1. The number of hydrogen-bond acceptors (Lipinski definition) is 4. The molecule has 5 rings (SSSR count). The minimum Gasteiger partial charge on any atom is -0.336 e. The Bertz CT molecular complexity index is 1270. The molecule has 4 aromatic rings. The van der Waals surface area contributed by atoms with Gasteiger partial charge in [-0.25, -0.2) is 9.37 Å². The lowest BCUT2D eigenvalue weighted by atomic mass is 10.1. The first-order valence-corrected chi connectivity index (χ1v) is 12.2. The summed E-state index contributed by atoms with van der Waals surface area (Å²) in [5, 5.41) is 0. The molecule has 2 aromatic carbocycles. The van der Waals surface area contributed by atoms with E-state index in [2.05, 4.69) is 29.3 Å². The Balaban J connectivity index is 1.32. The maximum atomic E-state index is 13.5. The van der Waals surface area contributed by atoms with Crippen LogP contribution in [0.4, 0.5) is 4.39 Å². The van der Waals surface area contributed by atoms with E-state index in [0.29, 0.717) is 13.1 Å². The number of imidazole rings is 1. The van der Waals surface area contributed by atoms with Crippen LogP contribution in [0, 0.1) is 12.7 Å². The second-order valence-electron chi connectivity index (χ2n) is 8.53. The summed E-state index contributed by atoms with van der Waals surface area (Å²) in [6.45, 7) is 7.93. The Morgan fingerprint density at radius 1 is 1.03 bits per heavy atom. The van der Waals surface area contributed by atoms with Crippen molar-refractivity contribution >= 4 is 22.2 Å². The molecule has 7 heteroatoms. The lowest BCUT2D eigenvalue weighted by Gasteiger charge is -2.34. The first-order chi connectivity index (χ1) is 16.0. The highest BCUT2D eigenvalue weighted by Gasteiger charge is 2.25. The molecule has 170 valence electrons. The van der Waals surface area contributed by atoms with Crippen LogP contribution in [0.1, 0.15) is 33.4 Å². The summed E-state index contributed by atoms with van der Waals surface area (Å²) in [5.41, 5.74) is 4.92. The van der Waals surface area contributed by atoms with Crippen molar-refractivity contribution in [3.8, 4) is 11.3 Å². The van der Waals surface area contributed by atoms with Crippen molar-refractivity contribution < 1.29 is 9.18 Å². The number of nitrogens with zero attached hydrogens (tertiary/aromatic N) is 4. The van der Waals surface area contributed by atoms with E-state index in [4.69, 9.17) is 4.98 Å². The maximum Gasteiger partial charge on any atom is 0.253 e. The lowest BCUT2D eigenvalue weighted by Crippen LogP contribution is -2.48. The minimum absolute atomic E-state index is 0.101. The van der Waals surface area contributed by atoms with E-state index < -0.39 is 0 Å². The van der Waals surface area contributed by atoms with E-state index in [0.717, 1.165) is 53.5 Å². The zero-order valence-corrected chi connectivity index (χ0v) is 19.7. The van der Waals surface area contributed by atoms with Gasteiger partial charge in [0, 0.05) is 54.9 Å². The number of halogens is 1. The topological polar surface area (TPSA) is 40.9 Å². The van der Waals surface area contributed by atoms with Gasteiger partial charge < -0.3 is 4.90 Å². The largest absolute Gasteiger partial charge is 0.336 e. The molecule has 5 nitrogen and oxygen atoms in total. The number of aromatic nitrogens is 2. The second-order valence-corrected chi connectivity index (χ2v) is 9.74. The van der Waals surface area contributed by atoms with Gasteiger partial charge in [-0.3, -0.25) is 14.1 Å². The van der Waals surface area contributed by atoms with Gasteiger partial charge in [0.05, 0.1) is 11.4 Å². The molecule has 0 atom stereocenters. The number of thiazole rings is 1. The fraction of sp³-hybridized carbons (Fsp3) is 0.308. The van der Waals surface area contributed by atoms with Gasteiger partial charge in [-0.05, 0) is 55.3 Å². The summed E-state index contributed by atoms with van der Waals surface area (Å²) in [7, 11) is 0. The number of carbonyl (C=O) groups is 1. The molecule has 33 heavy (non-hydrogen) atoms. The van der Waals surface area contributed by atoms with Gasteiger partial charge in [0.25, 0.3) is 5.91 Å². The molecule has 1 aliphatic heterocycles. The van der Waals surface area contributed by atoms with E-state index in [1.807, 2.05) is 29.2 Å². The minimum atomic E-state index is -0.248. The number of carbonyl (C=O) groups excluding carboxylic acids is 1. The molecule has 0 saturated carbocycles. The summed E-state index contributed by atoms with van der Waals surface area (Å²) in [5.74, 6) is -0.146. The molecule has 0 bridgehead atoms. The monoisotopic (exact) mass is 462 g/mol. The first kappa shape index (κ1) is 21.8. The number of amides is 1. The lowest BCUT2D eigenvalue weighted by molar-refractivity contribution is 0.0627. The van der Waals surface area contributed by atoms with Crippen molar-refractivity contribution in [2.24, 2.45) is 0 Å². The third kappa shape index (κ3) is 4.43. The molecular formula is C26H27FN4OS. The Morgan fingerprint density at radius 3 is 2.39 bits per heavy atom. The quantitative estimate of drug-likeness (QED) is 0.418. The Kier molecular flexibility index (Phi) is 6.00. The van der Waals surface area contributed by atoms with Crippen molar-refractivity contribution in [2.45, 2.75) is 26.8 Å². The molecule has 1 saturated heterocycles. The summed E-state index contributed by atoms with van der Waals surface area (Å²) >= 11 is 1.66. The fourth-order valence-corrected chi connectivity index (χ4v) is 5.22. The van der Waals surface area contributed by atoms with Crippen LogP contribution in [0.15, 0.2) is 54.7 Å². The Labute approximate surface area is 197 Å². The van der Waals surface area contributed by atoms with Gasteiger partial charge in [0.15, 0.2) is 4.96 Å². The van der Waals surface area contributed by atoms with Crippen molar-refractivity contribution in [3.63, 3.8) is 0 Å². The van der Waals surface area contributed by atoms with Crippen LogP contribution in [0.3, 0.4) is 0 Å². The van der Waals surface area contributed by atoms with Gasteiger partial charge in [-0.15, -0.1) is 11.3 Å². The predicted octanol–water partition coefficient (Wildman–Crippen LogP) is 5.03. The average molecular weight is 463 g/mol. The van der Waals surface area contributed by atoms with Gasteiger partial charge in [0.1, 0.15) is 5.82 Å². The van der Waals surface area contributed by atoms with Crippen molar-refractivity contribution in [1.29, 1.82) is 0 Å². The van der Waals surface area contributed by atoms with E-state index in [9.17, 15) is 9.18 Å². The van der Waals surface area contributed by atoms with Crippen molar-refractivity contribution in [2.75, 3.05) is 26.2 Å². The number of benzene rings is 2. The highest BCUT2D eigenvalue weighted by Crippen LogP contribution is 2.29. The van der Waals surface area contributed by atoms with Crippen LogP contribution in [-0.2, 0) is 13.0 Å². The molecule has 1 amide bonds. The SMILES string of the molecule is CCc1ccc(C(=O)N2CCN(Cc3c(-c4ccc(F)cc4)nc4sc(C)cn34)CC2)cc1. The molecule has 0 unspecified atom stereocenters. The number of piperazine rings is 1. The van der Waals surface area contributed by atoms with Gasteiger partial charge in [-0.2, -0.15) is 0 Å². The number of rotatable bonds is 5. The zero-order valence-electron chi connectivity index (χ0n) is 18.9. The number of fused-ring (bicyclic) bond motifs is 1. The van der Waals surface area contributed by atoms with Crippen LogP contribution < -0.4 is 0 Å². The van der Waals surface area contributed by atoms with Gasteiger partial charge in [0.2, 0.25) is 0 Å². The molecule has 1 aliphatic rings. The first-order valence-electron chi connectivity index (χ1n) is 11.4. The molecule has 3 heterocycles. The predicted molar refractivity (Wildman–Crippen MR) is 130 cm³/mol. The Morgan fingerprint density at radius 2 is 1.73 bits per heavy atom. The normalized spacial score (nSPS) is 14.8. The number of hydrogen-bond donors (Lipinski definition) is 0. The standard InChI is InChI=1S/C26H27FN4OS/c1-3-19-4-6-21(7-5-19)25(32)30-14-12-29(13-15-30)17-23-24(20-8-10-22(27)11-9-20)28-26-31(23)16-18(2)33-26/h4-11,16H,3,12-15,17H2,1-2H3. The third-order valence-corrected chi connectivity index (χ3v) is 7.20. The van der Waals surface area contributed by atoms with Crippen LogP contribution >= 0.6 is 11.3 Å². The van der Waals surface area contributed by atoms with Gasteiger partial charge >= 0.3 is 0 Å². The molecule has 0 spiro atoms. The fourth-order valence-electron chi connectivity index (χ4n) is 4.38. The maximum absolute atomic E-state index is 13.5. The second kappa shape index (κ2) is 9.08. The van der Waals surface area contributed by atoms with E-state index in [1.165, 1.54) is 22.6 Å². The molecule has 1 fully saturated rings. The van der Waals surface area contributed by atoms with Crippen LogP contribution in [0.25, 0.3) is 16.2 Å². The Hall–Kier alpha value is -3.03. The van der Waals surface area contributed by atoms with Crippen molar-refractivity contribution in [3.05, 3.63) is 82.2 Å². The molecular weight excluding hydrogens is 435 g/mol. The summed E-state index contributed by atoms with van der Waals surface area (Å²) in [6.07, 6.45) is 3.09.